The molecule has 0 aliphatic heterocycles. The van der Waals surface area contributed by atoms with E-state index in [9.17, 15) is 9.59 Å². The Morgan fingerprint density at radius 1 is 1.44 bits per heavy atom. The molecule has 0 spiro atoms. The molecule has 1 rings (SSSR count). The van der Waals surface area contributed by atoms with Gasteiger partial charge in [-0.1, -0.05) is 0 Å². The number of carbonyl (C=O) groups excluding carboxylic acids is 1. The highest BCUT2D eigenvalue weighted by Crippen LogP contribution is 2.28. The molecule has 0 saturated heterocycles. The average molecular weight is 253 g/mol. The number of carboxylic acids is 1. The van der Waals surface area contributed by atoms with Crippen LogP contribution in [0, 0.1) is 11.3 Å². The Balaban J connectivity index is 2.71. The van der Waals surface area contributed by atoms with Crippen LogP contribution in [0.5, 0.6) is 0 Å². The Morgan fingerprint density at radius 2 is 2.06 bits per heavy atom. The van der Waals surface area contributed by atoms with Crippen molar-refractivity contribution < 1.29 is 14.7 Å². The van der Waals surface area contributed by atoms with Crippen LogP contribution in [0.4, 0.5) is 4.79 Å². The third kappa shape index (κ3) is 3.91. The summed E-state index contributed by atoms with van der Waals surface area (Å²) in [6.45, 7) is 3.65. The predicted octanol–water partition coefficient (Wildman–Crippen LogP) is 1.28. The maximum absolute atomic E-state index is 12.3. The predicted molar refractivity (Wildman–Crippen MR) is 64.8 cm³/mol. The fourth-order valence-electron chi connectivity index (χ4n) is 1.77. The fraction of sp³-hybridized carbons (Fsp3) is 0.750. The number of nitriles is 1. The first-order valence-corrected chi connectivity index (χ1v) is 6.13. The molecule has 6 heteroatoms. The van der Waals surface area contributed by atoms with Crippen molar-refractivity contribution >= 4 is 12.0 Å². The van der Waals surface area contributed by atoms with Gasteiger partial charge in [-0.2, -0.15) is 5.26 Å². The summed E-state index contributed by atoms with van der Waals surface area (Å²) in [7, 11) is 0. The molecule has 0 aromatic heterocycles. The molecule has 0 heterocycles. The molecule has 2 amide bonds. The summed E-state index contributed by atoms with van der Waals surface area (Å²) in [5.41, 5.74) is 0. The van der Waals surface area contributed by atoms with Crippen LogP contribution in [0.15, 0.2) is 0 Å². The van der Waals surface area contributed by atoms with Gasteiger partial charge in [-0.15, -0.1) is 0 Å². The monoisotopic (exact) mass is 253 g/mol. The van der Waals surface area contributed by atoms with Crippen molar-refractivity contribution in [1.29, 1.82) is 5.26 Å². The molecule has 1 aliphatic rings. The molecule has 0 radical (unpaired) electrons. The zero-order chi connectivity index (χ0) is 13.7. The van der Waals surface area contributed by atoms with Crippen molar-refractivity contribution in [2.45, 2.75) is 45.2 Å². The van der Waals surface area contributed by atoms with Gasteiger partial charge in [0, 0.05) is 18.6 Å². The van der Waals surface area contributed by atoms with Gasteiger partial charge < -0.3 is 14.9 Å². The number of carboxylic acid groups (broad SMARTS) is 1. The maximum Gasteiger partial charge on any atom is 0.323 e. The van der Waals surface area contributed by atoms with Crippen LogP contribution < -0.4 is 0 Å². The molecule has 1 fully saturated rings. The van der Waals surface area contributed by atoms with E-state index >= 15 is 0 Å². The Kier molecular flexibility index (Phi) is 4.95. The lowest BCUT2D eigenvalue weighted by atomic mass is 10.3. The molecule has 100 valence electrons. The van der Waals surface area contributed by atoms with Gasteiger partial charge in [0.2, 0.25) is 0 Å². The highest BCUT2D eigenvalue weighted by atomic mass is 16.4. The summed E-state index contributed by atoms with van der Waals surface area (Å²) < 4.78 is 0. The summed E-state index contributed by atoms with van der Waals surface area (Å²) in [5, 5.41) is 17.4. The molecule has 0 unspecified atom stereocenters. The number of rotatable bonds is 6. The van der Waals surface area contributed by atoms with E-state index < -0.39 is 5.97 Å². The first-order chi connectivity index (χ1) is 8.47. The van der Waals surface area contributed by atoms with Crippen LogP contribution in [0.25, 0.3) is 0 Å². The molecule has 6 nitrogen and oxygen atoms in total. The van der Waals surface area contributed by atoms with Gasteiger partial charge in [-0.3, -0.25) is 4.79 Å². The Morgan fingerprint density at radius 3 is 2.44 bits per heavy atom. The molecule has 18 heavy (non-hydrogen) atoms. The van der Waals surface area contributed by atoms with E-state index in [1.807, 2.05) is 6.07 Å². The van der Waals surface area contributed by atoms with Crippen molar-refractivity contribution in [3.05, 3.63) is 0 Å². The number of hydrogen-bond acceptors (Lipinski definition) is 3. The van der Waals surface area contributed by atoms with Crippen molar-refractivity contribution in [2.24, 2.45) is 0 Å². The van der Waals surface area contributed by atoms with Crippen LogP contribution in [-0.4, -0.2) is 52.1 Å². The van der Waals surface area contributed by atoms with E-state index in [4.69, 9.17) is 10.4 Å². The second-order valence-electron chi connectivity index (χ2n) is 4.73. The standard InChI is InChI=1S/C12H19N3O3/c1-9(2)15(8-11(16)17)12(18)14(7-3-6-13)10-4-5-10/h9-10H,3-5,7-8H2,1-2H3,(H,16,17). The van der Waals surface area contributed by atoms with E-state index in [-0.39, 0.29) is 31.1 Å². The van der Waals surface area contributed by atoms with Crippen LogP contribution in [-0.2, 0) is 4.79 Å². The Labute approximate surface area is 107 Å². The summed E-state index contributed by atoms with van der Waals surface area (Å²) in [6, 6.07) is 1.75. The zero-order valence-electron chi connectivity index (χ0n) is 10.8. The lowest BCUT2D eigenvalue weighted by Crippen LogP contribution is -2.49. The number of amides is 2. The molecule has 0 aromatic carbocycles. The van der Waals surface area contributed by atoms with E-state index in [0.29, 0.717) is 6.54 Å². The third-order valence-corrected chi connectivity index (χ3v) is 2.87. The first-order valence-electron chi connectivity index (χ1n) is 6.13. The minimum Gasteiger partial charge on any atom is -0.480 e. The molecule has 1 aliphatic carbocycles. The molecular formula is C12H19N3O3. The minimum absolute atomic E-state index is 0.170. The highest BCUT2D eigenvalue weighted by molar-refractivity contribution is 5.80. The number of carbonyl (C=O) groups is 2. The third-order valence-electron chi connectivity index (χ3n) is 2.87. The van der Waals surface area contributed by atoms with Gasteiger partial charge in [0.15, 0.2) is 0 Å². The number of urea groups is 1. The van der Waals surface area contributed by atoms with E-state index in [1.54, 1.807) is 18.7 Å². The topological polar surface area (TPSA) is 84.6 Å². The van der Waals surface area contributed by atoms with Gasteiger partial charge in [-0.05, 0) is 26.7 Å². The molecule has 1 saturated carbocycles. The maximum atomic E-state index is 12.3. The number of hydrogen-bond donors (Lipinski definition) is 1. The molecule has 0 aromatic rings. The summed E-state index contributed by atoms with van der Waals surface area (Å²) in [4.78, 5) is 26.0. The van der Waals surface area contributed by atoms with Gasteiger partial charge >= 0.3 is 12.0 Å². The van der Waals surface area contributed by atoms with Crippen molar-refractivity contribution in [2.75, 3.05) is 13.1 Å². The minimum atomic E-state index is -1.02. The van der Waals surface area contributed by atoms with Gasteiger partial charge in [-0.25, -0.2) is 4.79 Å². The highest BCUT2D eigenvalue weighted by Gasteiger charge is 2.35. The van der Waals surface area contributed by atoms with Crippen LogP contribution in [0.1, 0.15) is 33.1 Å². The SMILES string of the molecule is CC(C)N(CC(=O)O)C(=O)N(CCC#N)C1CC1. The molecule has 0 bridgehead atoms. The Bertz CT molecular complexity index is 358. The second-order valence-corrected chi connectivity index (χ2v) is 4.73. The zero-order valence-corrected chi connectivity index (χ0v) is 10.8. The van der Waals surface area contributed by atoms with E-state index in [1.165, 1.54) is 4.90 Å². The number of aliphatic carboxylic acids is 1. The summed E-state index contributed by atoms with van der Waals surface area (Å²) in [6.07, 6.45) is 2.16. The van der Waals surface area contributed by atoms with E-state index in [2.05, 4.69) is 0 Å². The van der Waals surface area contributed by atoms with Crippen LogP contribution in [0.3, 0.4) is 0 Å². The van der Waals surface area contributed by atoms with Gasteiger partial charge in [0.1, 0.15) is 6.54 Å². The first kappa shape index (κ1) is 14.3. The summed E-state index contributed by atoms with van der Waals surface area (Å²) in [5.74, 6) is -1.02. The van der Waals surface area contributed by atoms with Gasteiger partial charge in [0.05, 0.1) is 12.5 Å². The van der Waals surface area contributed by atoms with Crippen LogP contribution >= 0.6 is 0 Å². The Hall–Kier alpha value is -1.77. The number of nitrogens with zero attached hydrogens (tertiary/aromatic N) is 3. The molecule has 1 N–H and O–H groups in total. The quantitative estimate of drug-likeness (QED) is 0.772. The molecule has 0 atom stereocenters. The largest absolute Gasteiger partial charge is 0.480 e. The lowest BCUT2D eigenvalue weighted by molar-refractivity contribution is -0.138. The summed E-state index contributed by atoms with van der Waals surface area (Å²) >= 11 is 0. The van der Waals surface area contributed by atoms with Gasteiger partial charge in [0.25, 0.3) is 0 Å². The fourth-order valence-corrected chi connectivity index (χ4v) is 1.77. The second kappa shape index (κ2) is 6.24. The van der Waals surface area contributed by atoms with E-state index in [0.717, 1.165) is 12.8 Å². The van der Waals surface area contributed by atoms with Crippen molar-refractivity contribution in [3.8, 4) is 6.07 Å². The smallest absolute Gasteiger partial charge is 0.323 e. The van der Waals surface area contributed by atoms with Crippen molar-refractivity contribution in [1.82, 2.24) is 9.80 Å². The van der Waals surface area contributed by atoms with Crippen molar-refractivity contribution in [3.63, 3.8) is 0 Å². The van der Waals surface area contributed by atoms with Crippen LogP contribution in [0.2, 0.25) is 0 Å². The molecular weight excluding hydrogens is 234 g/mol. The normalized spacial score (nSPS) is 14.1. The lowest BCUT2D eigenvalue weighted by Gasteiger charge is -2.32. The average Bonchev–Trinajstić information content (AvgIpc) is 3.09.